The first kappa shape index (κ1) is 17.1. The molecule has 4 rings (SSSR count). The van der Waals surface area contributed by atoms with Crippen molar-refractivity contribution in [2.75, 3.05) is 13.5 Å². The fourth-order valence-electron chi connectivity index (χ4n) is 3.02. The molecule has 2 heterocycles. The minimum Gasteiger partial charge on any atom is -0.456 e. The van der Waals surface area contributed by atoms with Gasteiger partial charge in [-0.2, -0.15) is 0 Å². The Kier molecular flexibility index (Phi) is 4.78. The number of rotatable bonds is 6. The topological polar surface area (TPSA) is 49.7 Å². The molecule has 0 aromatic heterocycles. The van der Waals surface area contributed by atoms with Gasteiger partial charge in [-0.05, 0) is 24.0 Å². The second-order valence-electron chi connectivity index (χ2n) is 6.43. The average Bonchev–Trinajstić information content (AvgIpc) is 3.38. The number of allylic oxidation sites excluding steroid dienone is 4. The number of nitrogens with zero attached hydrogens (tertiary/aromatic N) is 4. The van der Waals surface area contributed by atoms with Crippen LogP contribution in [0.15, 0.2) is 83.2 Å². The van der Waals surface area contributed by atoms with Gasteiger partial charge in [-0.3, -0.25) is 0 Å². The minimum atomic E-state index is 0.339. The van der Waals surface area contributed by atoms with Crippen LogP contribution in [0.25, 0.3) is 5.70 Å². The molecule has 0 atom stereocenters. The predicted octanol–water partition coefficient (Wildman–Crippen LogP) is 4.04. The molecule has 0 bridgehead atoms. The zero-order valence-corrected chi connectivity index (χ0v) is 15.2. The van der Waals surface area contributed by atoms with Crippen LogP contribution in [0.1, 0.15) is 24.8 Å². The largest absolute Gasteiger partial charge is 0.456 e. The van der Waals surface area contributed by atoms with Crippen molar-refractivity contribution in [1.29, 1.82) is 0 Å². The highest BCUT2D eigenvalue weighted by Crippen LogP contribution is 2.25. The Morgan fingerprint density at radius 3 is 2.26 bits per heavy atom. The van der Waals surface area contributed by atoms with Crippen molar-refractivity contribution >= 4 is 17.5 Å². The third-order valence-electron chi connectivity index (χ3n) is 4.59. The van der Waals surface area contributed by atoms with Gasteiger partial charge in [0.15, 0.2) is 13.5 Å². The molecule has 1 aliphatic carbocycles. The molecule has 3 aliphatic rings. The van der Waals surface area contributed by atoms with E-state index in [0.29, 0.717) is 31.7 Å². The Labute approximate surface area is 159 Å². The van der Waals surface area contributed by atoms with Gasteiger partial charge >= 0.3 is 0 Å². The second kappa shape index (κ2) is 7.53. The summed E-state index contributed by atoms with van der Waals surface area (Å²) in [6, 6.07) is 9.92. The summed E-state index contributed by atoms with van der Waals surface area (Å²) in [6.07, 6.45) is 8.69. The Morgan fingerprint density at radius 2 is 1.63 bits per heavy atom. The molecule has 0 unspecified atom stereocenters. The maximum atomic E-state index is 5.69. The molecule has 6 heteroatoms. The van der Waals surface area contributed by atoms with Gasteiger partial charge in [0.2, 0.25) is 11.8 Å². The summed E-state index contributed by atoms with van der Waals surface area (Å²) in [5.74, 6) is 1.15. The van der Waals surface area contributed by atoms with Gasteiger partial charge in [0.1, 0.15) is 6.42 Å². The van der Waals surface area contributed by atoms with E-state index < -0.39 is 0 Å². The van der Waals surface area contributed by atoms with Gasteiger partial charge in [-0.15, -0.1) is 10.2 Å². The van der Waals surface area contributed by atoms with Crippen LogP contribution in [-0.2, 0) is 9.47 Å². The summed E-state index contributed by atoms with van der Waals surface area (Å²) in [6.45, 7) is 8.96. The van der Waals surface area contributed by atoms with Gasteiger partial charge in [0.25, 0.3) is 0 Å². The van der Waals surface area contributed by atoms with Gasteiger partial charge in [-0.1, -0.05) is 61.7 Å². The third-order valence-corrected chi connectivity index (χ3v) is 4.59. The van der Waals surface area contributed by atoms with Crippen molar-refractivity contribution in [1.82, 2.24) is 10.0 Å². The van der Waals surface area contributed by atoms with Crippen molar-refractivity contribution in [2.24, 2.45) is 10.2 Å². The lowest BCUT2D eigenvalue weighted by Gasteiger charge is -2.18. The third kappa shape index (κ3) is 3.79. The normalized spacial score (nSPS) is 18.4. The van der Waals surface area contributed by atoms with E-state index in [4.69, 9.17) is 9.47 Å². The molecule has 6 nitrogen and oxygen atoms in total. The molecule has 0 saturated heterocycles. The lowest BCUT2D eigenvalue weighted by Crippen LogP contribution is -2.15. The highest BCUT2D eigenvalue weighted by molar-refractivity contribution is 5.97. The minimum absolute atomic E-state index is 0.339. The Bertz CT molecular complexity index is 867. The molecule has 27 heavy (non-hydrogen) atoms. The number of ether oxygens (including phenoxy) is 2. The van der Waals surface area contributed by atoms with Crippen molar-refractivity contribution in [3.05, 3.63) is 78.6 Å². The van der Waals surface area contributed by atoms with E-state index >= 15 is 0 Å². The summed E-state index contributed by atoms with van der Waals surface area (Å²) < 4.78 is 11.4. The smallest absolute Gasteiger partial charge is 0.217 e. The van der Waals surface area contributed by atoms with Crippen molar-refractivity contribution in [2.45, 2.75) is 19.3 Å². The molecule has 0 spiro atoms. The molecule has 1 aromatic rings. The Morgan fingerprint density at radius 1 is 0.963 bits per heavy atom. The van der Waals surface area contributed by atoms with E-state index in [9.17, 15) is 0 Å². The molecule has 2 aliphatic heterocycles. The second-order valence-corrected chi connectivity index (χ2v) is 6.43. The van der Waals surface area contributed by atoms with Crippen molar-refractivity contribution in [3.63, 3.8) is 0 Å². The van der Waals surface area contributed by atoms with Gasteiger partial charge in [0, 0.05) is 0 Å². The molecular weight excluding hydrogens is 340 g/mol. The lowest BCUT2D eigenvalue weighted by molar-refractivity contribution is 0.203. The van der Waals surface area contributed by atoms with E-state index in [1.165, 1.54) is 5.57 Å². The van der Waals surface area contributed by atoms with Crippen LogP contribution in [0.4, 0.5) is 0 Å². The maximum absolute atomic E-state index is 5.69. The molecule has 138 valence electrons. The SMILES string of the molecule is C=C(C1=CC=CCC1)N1COC(CC2=NN(C(=C)c3ccccc3)CO2)=N1. The van der Waals surface area contributed by atoms with Crippen LogP contribution < -0.4 is 0 Å². The molecule has 0 radical (unpaired) electrons. The molecule has 0 N–H and O–H groups in total. The molecule has 0 fully saturated rings. The zero-order chi connectivity index (χ0) is 18.6. The van der Waals surface area contributed by atoms with Crippen LogP contribution in [0, 0.1) is 0 Å². The Hall–Kier alpha value is -3.28. The van der Waals surface area contributed by atoms with E-state index in [1.807, 2.05) is 30.3 Å². The lowest BCUT2D eigenvalue weighted by atomic mass is 10.0. The highest BCUT2D eigenvalue weighted by Gasteiger charge is 2.25. The van der Waals surface area contributed by atoms with Crippen LogP contribution in [0.2, 0.25) is 0 Å². The summed E-state index contributed by atoms with van der Waals surface area (Å²) in [5, 5.41) is 12.5. The highest BCUT2D eigenvalue weighted by atomic mass is 16.5. The van der Waals surface area contributed by atoms with E-state index in [0.717, 1.165) is 29.8 Å². The quantitative estimate of drug-likeness (QED) is 0.766. The van der Waals surface area contributed by atoms with Crippen LogP contribution >= 0.6 is 0 Å². The van der Waals surface area contributed by atoms with Crippen molar-refractivity contribution < 1.29 is 9.47 Å². The fraction of sp³-hybridized carbons (Fsp3) is 0.238. The van der Waals surface area contributed by atoms with Gasteiger partial charge < -0.3 is 9.47 Å². The first-order valence-electron chi connectivity index (χ1n) is 8.95. The first-order valence-corrected chi connectivity index (χ1v) is 8.95. The first-order chi connectivity index (χ1) is 13.2. The van der Waals surface area contributed by atoms with Crippen LogP contribution in [0.5, 0.6) is 0 Å². The van der Waals surface area contributed by atoms with Crippen LogP contribution in [-0.4, -0.2) is 35.3 Å². The summed E-state index contributed by atoms with van der Waals surface area (Å²) in [4.78, 5) is 0. The van der Waals surface area contributed by atoms with Gasteiger partial charge in [0.05, 0.1) is 11.4 Å². The van der Waals surface area contributed by atoms with E-state index in [2.05, 4.69) is 41.6 Å². The zero-order valence-electron chi connectivity index (χ0n) is 15.2. The summed E-state index contributed by atoms with van der Waals surface area (Å²) in [5.41, 5.74) is 3.87. The number of benzene rings is 1. The number of hydrazone groups is 2. The predicted molar refractivity (Wildman–Crippen MR) is 106 cm³/mol. The van der Waals surface area contributed by atoms with Crippen LogP contribution in [0.3, 0.4) is 0 Å². The molecule has 0 amide bonds. The van der Waals surface area contributed by atoms with E-state index in [-0.39, 0.29) is 0 Å². The molecular formula is C21H22N4O2. The fourth-order valence-corrected chi connectivity index (χ4v) is 3.02. The van der Waals surface area contributed by atoms with Gasteiger partial charge in [-0.25, -0.2) is 10.0 Å². The number of hydrogen-bond acceptors (Lipinski definition) is 6. The van der Waals surface area contributed by atoms with E-state index in [1.54, 1.807) is 10.0 Å². The summed E-state index contributed by atoms with van der Waals surface area (Å²) in [7, 11) is 0. The maximum Gasteiger partial charge on any atom is 0.217 e. The molecule has 0 saturated carbocycles. The summed E-state index contributed by atoms with van der Waals surface area (Å²) >= 11 is 0. The molecule has 1 aromatic carbocycles. The van der Waals surface area contributed by atoms with Crippen molar-refractivity contribution in [3.8, 4) is 0 Å². The Balaban J connectivity index is 1.38. The number of hydrogen-bond donors (Lipinski definition) is 0. The average molecular weight is 362 g/mol. The monoisotopic (exact) mass is 362 g/mol. The standard InChI is InChI=1S/C21H22N4O2/c1-16(18-9-5-3-6-10-18)24-14-26-20(22-24)13-21-23-25(15-27-21)17(2)19-11-7-4-8-12-19/h3-7,9-11H,1-2,8,12-15H2.